The molecule has 0 saturated carbocycles. The van der Waals surface area contributed by atoms with E-state index in [4.69, 9.17) is 5.26 Å². The van der Waals surface area contributed by atoms with Crippen molar-refractivity contribution in [3.8, 4) is 6.07 Å². The van der Waals surface area contributed by atoms with Crippen LogP contribution in [-0.4, -0.2) is 15.7 Å². The van der Waals surface area contributed by atoms with Crippen molar-refractivity contribution >= 4 is 0 Å². The lowest BCUT2D eigenvalue weighted by Crippen LogP contribution is -2.32. The molecule has 1 heterocycles. The van der Waals surface area contributed by atoms with Gasteiger partial charge in [0.2, 0.25) is 0 Å². The summed E-state index contributed by atoms with van der Waals surface area (Å²) in [6.07, 6.45) is -2.14. The standard InChI is InChI=1S/C9H8F3N3O/c1-6-3-14-8(16)15(4-6)5-7(2-13)9(10,11)12/h3-4,7H,5H2,1H3. The molecule has 1 rings (SSSR count). The fourth-order valence-electron chi connectivity index (χ4n) is 1.11. The van der Waals surface area contributed by atoms with Gasteiger partial charge in [-0.05, 0) is 12.5 Å². The summed E-state index contributed by atoms with van der Waals surface area (Å²) in [5.41, 5.74) is -0.242. The normalized spacial score (nSPS) is 13.2. The van der Waals surface area contributed by atoms with E-state index in [-0.39, 0.29) is 0 Å². The molecule has 0 amide bonds. The molecular formula is C9H8F3N3O. The zero-order chi connectivity index (χ0) is 12.3. The molecule has 1 aromatic heterocycles. The third-order valence-electron chi connectivity index (χ3n) is 1.91. The second-order valence-corrected chi connectivity index (χ2v) is 3.29. The molecule has 0 aromatic carbocycles. The quantitative estimate of drug-likeness (QED) is 0.769. The van der Waals surface area contributed by atoms with Gasteiger partial charge in [-0.25, -0.2) is 9.78 Å². The Morgan fingerprint density at radius 3 is 2.75 bits per heavy atom. The van der Waals surface area contributed by atoms with Gasteiger partial charge in [0.15, 0.2) is 5.92 Å². The monoisotopic (exact) mass is 231 g/mol. The Bertz CT molecular complexity index is 472. The summed E-state index contributed by atoms with van der Waals surface area (Å²) in [5.74, 6) is -2.20. The molecular weight excluding hydrogens is 223 g/mol. The first-order valence-electron chi connectivity index (χ1n) is 4.34. The summed E-state index contributed by atoms with van der Waals surface area (Å²) in [5, 5.41) is 8.38. The second-order valence-electron chi connectivity index (χ2n) is 3.29. The van der Waals surface area contributed by atoms with Crippen molar-refractivity contribution in [2.45, 2.75) is 19.6 Å². The van der Waals surface area contributed by atoms with Gasteiger partial charge in [-0.1, -0.05) is 0 Å². The van der Waals surface area contributed by atoms with E-state index in [1.807, 2.05) is 0 Å². The molecule has 0 saturated heterocycles. The van der Waals surface area contributed by atoms with Gasteiger partial charge in [0.05, 0.1) is 12.6 Å². The van der Waals surface area contributed by atoms with Crippen LogP contribution >= 0.6 is 0 Å². The first-order chi connectivity index (χ1) is 7.34. The van der Waals surface area contributed by atoms with Gasteiger partial charge in [-0.3, -0.25) is 4.57 Å². The number of aromatic nitrogens is 2. The Morgan fingerprint density at radius 2 is 2.25 bits per heavy atom. The van der Waals surface area contributed by atoms with E-state index < -0.39 is 24.3 Å². The molecule has 0 bridgehead atoms. The van der Waals surface area contributed by atoms with Crippen LogP contribution < -0.4 is 5.69 Å². The van der Waals surface area contributed by atoms with Crippen LogP contribution in [0.5, 0.6) is 0 Å². The molecule has 7 heteroatoms. The van der Waals surface area contributed by atoms with Crippen LogP contribution in [0, 0.1) is 24.2 Å². The summed E-state index contributed by atoms with van der Waals surface area (Å²) in [6.45, 7) is 0.866. The van der Waals surface area contributed by atoms with Crippen molar-refractivity contribution in [2.24, 2.45) is 5.92 Å². The van der Waals surface area contributed by atoms with Crippen molar-refractivity contribution in [1.82, 2.24) is 9.55 Å². The maximum atomic E-state index is 12.3. The summed E-state index contributed by atoms with van der Waals surface area (Å²) >= 11 is 0. The van der Waals surface area contributed by atoms with Crippen LogP contribution in [0.25, 0.3) is 0 Å². The molecule has 0 aliphatic rings. The molecule has 0 radical (unpaired) electrons. The summed E-state index contributed by atoms with van der Waals surface area (Å²) in [6, 6.07) is 1.12. The van der Waals surface area contributed by atoms with Crippen molar-refractivity contribution in [1.29, 1.82) is 5.26 Å². The number of nitriles is 1. The smallest absolute Gasteiger partial charge is 0.297 e. The number of hydrogen-bond acceptors (Lipinski definition) is 3. The van der Waals surface area contributed by atoms with Gasteiger partial charge in [0, 0.05) is 12.4 Å². The van der Waals surface area contributed by atoms with E-state index in [1.165, 1.54) is 12.4 Å². The molecule has 0 N–H and O–H groups in total. The van der Waals surface area contributed by atoms with Gasteiger partial charge in [-0.15, -0.1) is 0 Å². The summed E-state index contributed by atoms with van der Waals surface area (Å²) in [4.78, 5) is 14.5. The SMILES string of the molecule is Cc1cnc(=O)n(CC(C#N)C(F)(F)F)c1. The molecule has 0 aliphatic carbocycles. The zero-order valence-electron chi connectivity index (χ0n) is 8.32. The Hall–Kier alpha value is -1.84. The van der Waals surface area contributed by atoms with Crippen LogP contribution in [0.4, 0.5) is 13.2 Å². The van der Waals surface area contributed by atoms with E-state index in [0.29, 0.717) is 5.56 Å². The van der Waals surface area contributed by atoms with E-state index in [2.05, 4.69) is 4.98 Å². The molecule has 4 nitrogen and oxygen atoms in total. The Morgan fingerprint density at radius 1 is 1.62 bits per heavy atom. The molecule has 1 atom stereocenters. The average Bonchev–Trinajstić information content (AvgIpc) is 2.17. The number of rotatable bonds is 2. The first kappa shape index (κ1) is 12.2. The Kier molecular flexibility index (Phi) is 3.32. The molecule has 1 unspecified atom stereocenters. The maximum Gasteiger partial charge on any atom is 0.406 e. The van der Waals surface area contributed by atoms with Gasteiger partial charge < -0.3 is 0 Å². The molecule has 86 valence electrons. The zero-order valence-corrected chi connectivity index (χ0v) is 8.32. The predicted octanol–water partition coefficient (Wildman–Crippen LogP) is 1.25. The second kappa shape index (κ2) is 4.35. The van der Waals surface area contributed by atoms with E-state index >= 15 is 0 Å². The van der Waals surface area contributed by atoms with Crippen molar-refractivity contribution in [2.75, 3.05) is 0 Å². The lowest BCUT2D eigenvalue weighted by Gasteiger charge is -2.14. The van der Waals surface area contributed by atoms with Gasteiger partial charge in [-0.2, -0.15) is 18.4 Å². The lowest BCUT2D eigenvalue weighted by molar-refractivity contribution is -0.162. The van der Waals surface area contributed by atoms with E-state index in [0.717, 1.165) is 10.6 Å². The molecule has 0 aliphatic heterocycles. The minimum absolute atomic E-state index is 0.554. The largest absolute Gasteiger partial charge is 0.406 e. The van der Waals surface area contributed by atoms with Crippen LogP contribution in [-0.2, 0) is 6.54 Å². The van der Waals surface area contributed by atoms with Gasteiger partial charge in [0.1, 0.15) is 0 Å². The minimum atomic E-state index is -4.64. The highest BCUT2D eigenvalue weighted by atomic mass is 19.4. The number of halogens is 3. The average molecular weight is 231 g/mol. The molecule has 0 fully saturated rings. The number of alkyl halides is 3. The highest BCUT2D eigenvalue weighted by molar-refractivity contribution is 5.01. The summed E-state index contributed by atoms with van der Waals surface area (Å²) in [7, 11) is 0. The van der Waals surface area contributed by atoms with E-state index in [1.54, 1.807) is 6.92 Å². The highest BCUT2D eigenvalue weighted by Crippen LogP contribution is 2.26. The van der Waals surface area contributed by atoms with E-state index in [9.17, 15) is 18.0 Å². The summed E-state index contributed by atoms with van der Waals surface area (Å²) < 4.78 is 37.6. The fraction of sp³-hybridized carbons (Fsp3) is 0.444. The van der Waals surface area contributed by atoms with Crippen molar-refractivity contribution in [3.05, 3.63) is 28.4 Å². The highest BCUT2D eigenvalue weighted by Gasteiger charge is 2.40. The third-order valence-corrected chi connectivity index (χ3v) is 1.91. The van der Waals surface area contributed by atoms with Gasteiger partial charge in [0.25, 0.3) is 0 Å². The molecule has 16 heavy (non-hydrogen) atoms. The van der Waals surface area contributed by atoms with Crippen LogP contribution in [0.3, 0.4) is 0 Å². The molecule has 1 aromatic rings. The van der Waals surface area contributed by atoms with Crippen LogP contribution in [0.1, 0.15) is 5.56 Å². The Labute approximate surface area is 89.0 Å². The lowest BCUT2D eigenvalue weighted by atomic mass is 10.1. The van der Waals surface area contributed by atoms with Crippen molar-refractivity contribution < 1.29 is 13.2 Å². The fourth-order valence-corrected chi connectivity index (χ4v) is 1.11. The van der Waals surface area contributed by atoms with Crippen LogP contribution in [0.15, 0.2) is 17.2 Å². The maximum absolute atomic E-state index is 12.3. The van der Waals surface area contributed by atoms with Crippen LogP contribution in [0.2, 0.25) is 0 Å². The Balaban J connectivity index is 3.01. The number of hydrogen-bond donors (Lipinski definition) is 0. The van der Waals surface area contributed by atoms with Gasteiger partial charge >= 0.3 is 11.9 Å². The minimum Gasteiger partial charge on any atom is -0.297 e. The topological polar surface area (TPSA) is 58.7 Å². The number of nitrogens with zero attached hydrogens (tertiary/aromatic N) is 3. The third kappa shape index (κ3) is 2.82. The predicted molar refractivity (Wildman–Crippen MR) is 48.4 cm³/mol. The first-order valence-corrected chi connectivity index (χ1v) is 4.34. The van der Waals surface area contributed by atoms with Crippen molar-refractivity contribution in [3.63, 3.8) is 0 Å². The number of aryl methyl sites for hydroxylation is 1. The molecule has 0 spiro atoms.